The molecule has 0 saturated carbocycles. The van der Waals surface area contributed by atoms with Crippen LogP contribution in [0.25, 0.3) is 0 Å². The Labute approximate surface area is 98.6 Å². The van der Waals surface area contributed by atoms with E-state index in [0.717, 1.165) is 5.56 Å². The average molecular weight is 238 g/mol. The van der Waals surface area contributed by atoms with Crippen LogP contribution in [0, 0.1) is 6.92 Å². The van der Waals surface area contributed by atoms with Gasteiger partial charge < -0.3 is 10.5 Å². The molecule has 2 aromatic rings. The van der Waals surface area contributed by atoms with Gasteiger partial charge in [-0.05, 0) is 24.6 Å². The fraction of sp³-hybridized carbons (Fsp3) is 0.182. The number of nitrogens with zero attached hydrogens (tertiary/aromatic N) is 2. The van der Waals surface area contributed by atoms with E-state index in [2.05, 4.69) is 5.10 Å². The lowest BCUT2D eigenvalue weighted by molar-refractivity contribution is 0.221. The summed E-state index contributed by atoms with van der Waals surface area (Å²) >= 11 is 5.99. The van der Waals surface area contributed by atoms with E-state index in [9.17, 15) is 0 Å². The lowest BCUT2D eigenvalue weighted by Gasteiger charge is -2.08. The molecule has 0 spiro atoms. The molecule has 1 heterocycles. The second-order valence-electron chi connectivity index (χ2n) is 3.52. The summed E-state index contributed by atoms with van der Waals surface area (Å²) < 4.78 is 7.14. The zero-order valence-electron chi connectivity index (χ0n) is 8.85. The zero-order chi connectivity index (χ0) is 11.5. The smallest absolute Gasteiger partial charge is 0.181 e. The van der Waals surface area contributed by atoms with E-state index in [1.54, 1.807) is 17.1 Å². The Morgan fingerprint density at radius 1 is 1.50 bits per heavy atom. The van der Waals surface area contributed by atoms with E-state index >= 15 is 0 Å². The molecule has 0 aliphatic carbocycles. The summed E-state index contributed by atoms with van der Waals surface area (Å²) in [6.07, 6.45) is 3.27. The van der Waals surface area contributed by atoms with Gasteiger partial charge in [0.05, 0.1) is 23.1 Å². The monoisotopic (exact) mass is 237 g/mol. The van der Waals surface area contributed by atoms with Crippen molar-refractivity contribution in [1.82, 2.24) is 9.78 Å². The molecule has 5 heteroatoms. The number of anilines is 1. The van der Waals surface area contributed by atoms with E-state index in [4.69, 9.17) is 22.1 Å². The quantitative estimate of drug-likeness (QED) is 0.892. The fourth-order valence-corrected chi connectivity index (χ4v) is 1.48. The van der Waals surface area contributed by atoms with E-state index in [-0.39, 0.29) is 0 Å². The number of halogens is 1. The number of aryl methyl sites for hydroxylation is 1. The Hall–Kier alpha value is -1.68. The standard InChI is InChI=1S/C11H12ClN3O/c1-8-2-3-10(12)11(4-8)16-7-15-6-9(13)5-14-15/h2-6H,7,13H2,1H3. The van der Waals surface area contributed by atoms with Gasteiger partial charge in [-0.3, -0.25) is 0 Å². The Bertz CT molecular complexity index is 496. The highest BCUT2D eigenvalue weighted by Crippen LogP contribution is 2.25. The summed E-state index contributed by atoms with van der Waals surface area (Å²) in [7, 11) is 0. The molecule has 0 radical (unpaired) electrons. The van der Waals surface area contributed by atoms with Gasteiger partial charge in [-0.25, -0.2) is 4.68 Å². The van der Waals surface area contributed by atoms with Crippen LogP contribution < -0.4 is 10.5 Å². The number of nitrogen functional groups attached to an aromatic ring is 1. The summed E-state index contributed by atoms with van der Waals surface area (Å²) in [6.45, 7) is 2.27. The van der Waals surface area contributed by atoms with Crippen LogP contribution in [-0.2, 0) is 6.73 Å². The van der Waals surface area contributed by atoms with Gasteiger partial charge in [-0.1, -0.05) is 17.7 Å². The molecular weight excluding hydrogens is 226 g/mol. The maximum absolute atomic E-state index is 5.99. The topological polar surface area (TPSA) is 53.1 Å². The van der Waals surface area contributed by atoms with Gasteiger partial charge in [0, 0.05) is 0 Å². The molecule has 4 nitrogen and oxygen atoms in total. The number of rotatable bonds is 3. The number of benzene rings is 1. The van der Waals surface area contributed by atoms with Crippen molar-refractivity contribution in [3.05, 3.63) is 41.2 Å². The van der Waals surface area contributed by atoms with Gasteiger partial charge in [0.1, 0.15) is 5.75 Å². The molecule has 0 aliphatic rings. The molecule has 0 atom stereocenters. The number of hydrogen-bond donors (Lipinski definition) is 1. The second-order valence-corrected chi connectivity index (χ2v) is 3.93. The molecule has 0 amide bonds. The van der Waals surface area contributed by atoms with Crippen molar-refractivity contribution in [3.8, 4) is 5.75 Å². The summed E-state index contributed by atoms with van der Waals surface area (Å²) in [5.74, 6) is 0.649. The van der Waals surface area contributed by atoms with Crippen LogP contribution in [-0.4, -0.2) is 9.78 Å². The minimum absolute atomic E-state index is 0.292. The molecule has 0 bridgehead atoms. The normalized spacial score (nSPS) is 10.4. The molecular formula is C11H12ClN3O. The molecule has 2 N–H and O–H groups in total. The van der Waals surface area contributed by atoms with Crippen LogP contribution in [0.5, 0.6) is 5.75 Å². The van der Waals surface area contributed by atoms with Gasteiger partial charge in [0.15, 0.2) is 6.73 Å². The molecule has 0 fully saturated rings. The molecule has 16 heavy (non-hydrogen) atoms. The molecule has 2 rings (SSSR count). The minimum Gasteiger partial charge on any atom is -0.470 e. The van der Waals surface area contributed by atoms with Crippen molar-refractivity contribution in [1.29, 1.82) is 0 Å². The molecule has 1 aromatic heterocycles. The van der Waals surface area contributed by atoms with Gasteiger partial charge >= 0.3 is 0 Å². The first-order chi connectivity index (χ1) is 7.65. The summed E-state index contributed by atoms with van der Waals surface area (Å²) in [4.78, 5) is 0. The van der Waals surface area contributed by atoms with Gasteiger partial charge in [-0.15, -0.1) is 0 Å². The number of nitrogens with two attached hydrogens (primary N) is 1. The second kappa shape index (κ2) is 4.45. The van der Waals surface area contributed by atoms with Crippen LogP contribution in [0.1, 0.15) is 5.56 Å². The third-order valence-corrected chi connectivity index (χ3v) is 2.40. The van der Waals surface area contributed by atoms with Crippen molar-refractivity contribution in [2.75, 3.05) is 5.73 Å². The molecule has 0 saturated heterocycles. The highest BCUT2D eigenvalue weighted by molar-refractivity contribution is 6.32. The first kappa shape index (κ1) is 10.8. The Morgan fingerprint density at radius 2 is 2.31 bits per heavy atom. The van der Waals surface area contributed by atoms with Crippen LogP contribution in [0.3, 0.4) is 0 Å². The third-order valence-electron chi connectivity index (χ3n) is 2.09. The van der Waals surface area contributed by atoms with Crippen molar-refractivity contribution < 1.29 is 4.74 Å². The van der Waals surface area contributed by atoms with Crippen LogP contribution in [0.15, 0.2) is 30.6 Å². The Balaban J connectivity index is 2.07. The van der Waals surface area contributed by atoms with Crippen molar-refractivity contribution in [3.63, 3.8) is 0 Å². The third kappa shape index (κ3) is 2.46. The summed E-state index contributed by atoms with van der Waals surface area (Å²) in [5, 5.41) is 4.60. The van der Waals surface area contributed by atoms with Gasteiger partial charge in [-0.2, -0.15) is 5.10 Å². The van der Waals surface area contributed by atoms with Crippen molar-refractivity contribution in [2.24, 2.45) is 0 Å². The maximum atomic E-state index is 5.99. The Kier molecular flexibility index (Phi) is 3.01. The average Bonchev–Trinajstić information content (AvgIpc) is 2.66. The highest BCUT2D eigenvalue weighted by Gasteiger charge is 2.02. The lowest BCUT2D eigenvalue weighted by Crippen LogP contribution is -2.05. The predicted molar refractivity (Wildman–Crippen MR) is 63.5 cm³/mol. The lowest BCUT2D eigenvalue weighted by atomic mass is 10.2. The largest absolute Gasteiger partial charge is 0.470 e. The predicted octanol–water partition coefficient (Wildman–Crippen LogP) is 2.46. The van der Waals surface area contributed by atoms with Crippen molar-refractivity contribution in [2.45, 2.75) is 13.7 Å². The van der Waals surface area contributed by atoms with Crippen LogP contribution in [0.4, 0.5) is 5.69 Å². The van der Waals surface area contributed by atoms with E-state index < -0.39 is 0 Å². The van der Waals surface area contributed by atoms with Crippen LogP contribution >= 0.6 is 11.6 Å². The maximum Gasteiger partial charge on any atom is 0.181 e. The SMILES string of the molecule is Cc1ccc(Cl)c(OCn2cc(N)cn2)c1. The fourth-order valence-electron chi connectivity index (χ4n) is 1.31. The molecule has 84 valence electrons. The first-order valence-electron chi connectivity index (χ1n) is 4.82. The summed E-state index contributed by atoms with van der Waals surface area (Å²) in [6, 6.07) is 5.62. The number of aromatic nitrogens is 2. The van der Waals surface area contributed by atoms with E-state index in [1.165, 1.54) is 0 Å². The molecule has 1 aromatic carbocycles. The van der Waals surface area contributed by atoms with Crippen LogP contribution in [0.2, 0.25) is 5.02 Å². The molecule has 0 unspecified atom stereocenters. The minimum atomic E-state index is 0.292. The number of ether oxygens (including phenoxy) is 1. The van der Waals surface area contributed by atoms with Gasteiger partial charge in [0.25, 0.3) is 0 Å². The van der Waals surface area contributed by atoms with E-state index in [0.29, 0.717) is 23.2 Å². The Morgan fingerprint density at radius 3 is 3.00 bits per heavy atom. The van der Waals surface area contributed by atoms with Crippen molar-refractivity contribution >= 4 is 17.3 Å². The zero-order valence-corrected chi connectivity index (χ0v) is 9.61. The first-order valence-corrected chi connectivity index (χ1v) is 5.20. The highest BCUT2D eigenvalue weighted by atomic mass is 35.5. The van der Waals surface area contributed by atoms with Gasteiger partial charge in [0.2, 0.25) is 0 Å². The number of hydrogen-bond acceptors (Lipinski definition) is 3. The summed E-state index contributed by atoms with van der Waals surface area (Å²) in [5.41, 5.74) is 7.24. The van der Waals surface area contributed by atoms with E-state index in [1.807, 2.05) is 25.1 Å². The molecule has 0 aliphatic heterocycles.